The lowest BCUT2D eigenvalue weighted by Crippen LogP contribution is -2.35. The average molecular weight is 358 g/mol. The van der Waals surface area contributed by atoms with Crippen LogP contribution in [0.1, 0.15) is 22.2 Å². The first-order valence-electron chi connectivity index (χ1n) is 7.95. The number of ether oxygens (including phenoxy) is 1. The first kappa shape index (κ1) is 17.5. The van der Waals surface area contributed by atoms with Crippen molar-refractivity contribution in [2.75, 3.05) is 20.8 Å². The Bertz CT molecular complexity index is 892. The van der Waals surface area contributed by atoms with Crippen LogP contribution < -0.4 is 0 Å². The van der Waals surface area contributed by atoms with E-state index in [1.165, 1.54) is 0 Å². The molecule has 0 aliphatic heterocycles. The molecule has 0 unspecified atom stereocenters. The molecule has 6 heteroatoms. The Kier molecular flexibility index (Phi) is 5.06. The van der Waals surface area contributed by atoms with Crippen molar-refractivity contribution in [1.82, 2.24) is 14.5 Å². The van der Waals surface area contributed by atoms with Gasteiger partial charge in [-0.1, -0.05) is 23.7 Å². The van der Waals surface area contributed by atoms with E-state index < -0.39 is 0 Å². The second-order valence-corrected chi connectivity index (χ2v) is 6.31. The SMILES string of the molecule is COC[C@@H](c1ccccn1)N(C)C(=O)c1cc2c(Cl)cccc2n1C. The van der Waals surface area contributed by atoms with E-state index in [1.54, 1.807) is 25.3 Å². The molecule has 2 heterocycles. The van der Waals surface area contributed by atoms with Gasteiger partial charge in [-0.05, 0) is 30.3 Å². The fraction of sp³-hybridized carbons (Fsp3) is 0.263. The Balaban J connectivity index is 1.99. The number of benzene rings is 1. The normalized spacial score (nSPS) is 12.3. The molecule has 1 atom stereocenters. The fourth-order valence-electron chi connectivity index (χ4n) is 2.98. The van der Waals surface area contributed by atoms with Gasteiger partial charge in [0.15, 0.2) is 0 Å². The Hall–Kier alpha value is -2.37. The third-order valence-electron chi connectivity index (χ3n) is 4.39. The number of rotatable bonds is 5. The molecule has 0 fully saturated rings. The van der Waals surface area contributed by atoms with Crippen molar-refractivity contribution in [2.45, 2.75) is 6.04 Å². The minimum atomic E-state index is -0.271. The number of hydrogen-bond acceptors (Lipinski definition) is 3. The minimum absolute atomic E-state index is 0.109. The molecular weight excluding hydrogens is 338 g/mol. The number of carbonyl (C=O) groups is 1. The highest BCUT2D eigenvalue weighted by Crippen LogP contribution is 2.28. The third kappa shape index (κ3) is 3.25. The number of amides is 1. The van der Waals surface area contributed by atoms with Gasteiger partial charge in [-0.3, -0.25) is 9.78 Å². The zero-order chi connectivity index (χ0) is 18.0. The maximum absolute atomic E-state index is 13.1. The van der Waals surface area contributed by atoms with Crippen LogP contribution in [0.5, 0.6) is 0 Å². The van der Waals surface area contributed by atoms with Crippen molar-refractivity contribution in [1.29, 1.82) is 0 Å². The van der Waals surface area contributed by atoms with Gasteiger partial charge in [0, 0.05) is 43.3 Å². The first-order chi connectivity index (χ1) is 12.0. The molecule has 0 N–H and O–H groups in total. The second-order valence-electron chi connectivity index (χ2n) is 5.90. The van der Waals surface area contributed by atoms with Gasteiger partial charge in [0.2, 0.25) is 0 Å². The van der Waals surface area contributed by atoms with E-state index in [9.17, 15) is 4.79 Å². The predicted octanol–water partition coefficient (Wildman–Crippen LogP) is 3.69. The lowest BCUT2D eigenvalue weighted by Gasteiger charge is -2.27. The van der Waals surface area contributed by atoms with E-state index in [1.807, 2.05) is 54.1 Å². The molecule has 0 saturated carbocycles. The molecule has 1 amide bonds. The standard InChI is InChI=1S/C19H20ClN3O2/c1-22-16-9-6-7-14(20)13(16)11-17(22)19(24)23(2)18(12-25-3)15-8-4-5-10-21-15/h4-11,18H,12H2,1-3H3/t18-/m0/s1. The molecule has 0 aliphatic rings. The molecule has 130 valence electrons. The van der Waals surface area contributed by atoms with Crippen molar-refractivity contribution >= 4 is 28.4 Å². The summed E-state index contributed by atoms with van der Waals surface area (Å²) in [4.78, 5) is 19.1. The number of likely N-dealkylation sites (N-methyl/N-ethyl adjacent to an activating group) is 1. The second kappa shape index (κ2) is 7.25. The van der Waals surface area contributed by atoms with Crippen molar-refractivity contribution in [3.63, 3.8) is 0 Å². The summed E-state index contributed by atoms with van der Waals surface area (Å²) in [5.74, 6) is -0.109. The number of aryl methyl sites for hydroxylation is 1. The van der Waals surface area contributed by atoms with E-state index in [0.717, 1.165) is 16.6 Å². The van der Waals surface area contributed by atoms with Gasteiger partial charge in [-0.15, -0.1) is 0 Å². The van der Waals surface area contributed by atoms with Crippen molar-refractivity contribution in [3.8, 4) is 0 Å². The predicted molar refractivity (Wildman–Crippen MR) is 98.9 cm³/mol. The Labute approximate surface area is 151 Å². The summed E-state index contributed by atoms with van der Waals surface area (Å²) < 4.78 is 7.18. The number of carbonyl (C=O) groups excluding carboxylic acids is 1. The summed E-state index contributed by atoms with van der Waals surface area (Å²) in [7, 11) is 5.25. The first-order valence-corrected chi connectivity index (χ1v) is 8.33. The van der Waals surface area contributed by atoms with E-state index in [2.05, 4.69) is 4.98 Å². The Morgan fingerprint density at radius 2 is 2.12 bits per heavy atom. The summed E-state index contributed by atoms with van der Waals surface area (Å²) in [6, 6.07) is 12.9. The number of pyridine rings is 1. The van der Waals surface area contributed by atoms with Gasteiger partial charge >= 0.3 is 0 Å². The lowest BCUT2D eigenvalue weighted by molar-refractivity contribution is 0.0586. The highest BCUT2D eigenvalue weighted by molar-refractivity contribution is 6.35. The lowest BCUT2D eigenvalue weighted by atomic mass is 10.1. The molecule has 2 aromatic heterocycles. The van der Waals surface area contributed by atoms with Crippen LogP contribution in [0.15, 0.2) is 48.7 Å². The summed E-state index contributed by atoms with van der Waals surface area (Å²) >= 11 is 6.27. The average Bonchev–Trinajstić information content (AvgIpc) is 2.97. The summed E-state index contributed by atoms with van der Waals surface area (Å²) in [6.45, 7) is 0.365. The van der Waals surface area contributed by atoms with Gasteiger partial charge in [-0.2, -0.15) is 0 Å². The van der Waals surface area contributed by atoms with E-state index >= 15 is 0 Å². The van der Waals surface area contributed by atoms with Crippen LogP contribution in [0.25, 0.3) is 10.9 Å². The molecule has 0 bridgehead atoms. The third-order valence-corrected chi connectivity index (χ3v) is 4.72. The van der Waals surface area contributed by atoms with Gasteiger partial charge in [-0.25, -0.2) is 0 Å². The molecule has 0 spiro atoms. The highest BCUT2D eigenvalue weighted by Gasteiger charge is 2.26. The molecule has 3 rings (SSSR count). The molecule has 1 aromatic carbocycles. The van der Waals surface area contributed by atoms with Gasteiger partial charge in [0.05, 0.1) is 18.3 Å². The quantitative estimate of drug-likeness (QED) is 0.699. The topological polar surface area (TPSA) is 47.4 Å². The van der Waals surface area contributed by atoms with Crippen LogP contribution in [0, 0.1) is 0 Å². The Morgan fingerprint density at radius 1 is 1.32 bits per heavy atom. The van der Waals surface area contributed by atoms with Crippen molar-refractivity contribution in [2.24, 2.45) is 7.05 Å². The van der Waals surface area contributed by atoms with Gasteiger partial charge in [0.1, 0.15) is 5.69 Å². The van der Waals surface area contributed by atoms with Crippen LogP contribution in [0.2, 0.25) is 5.02 Å². The van der Waals surface area contributed by atoms with Gasteiger partial charge in [0.25, 0.3) is 5.91 Å². The maximum atomic E-state index is 13.1. The van der Waals surface area contributed by atoms with E-state index in [0.29, 0.717) is 17.3 Å². The summed E-state index contributed by atoms with van der Waals surface area (Å²) in [6.07, 6.45) is 1.72. The van der Waals surface area contributed by atoms with Crippen LogP contribution in [-0.2, 0) is 11.8 Å². The molecule has 0 saturated heterocycles. The van der Waals surface area contributed by atoms with Crippen molar-refractivity contribution < 1.29 is 9.53 Å². The van der Waals surface area contributed by atoms with Crippen LogP contribution in [-0.4, -0.2) is 41.1 Å². The number of hydrogen-bond donors (Lipinski definition) is 0. The molecule has 0 radical (unpaired) electrons. The number of fused-ring (bicyclic) bond motifs is 1. The van der Waals surface area contributed by atoms with Crippen LogP contribution >= 0.6 is 11.6 Å². The fourth-order valence-corrected chi connectivity index (χ4v) is 3.20. The minimum Gasteiger partial charge on any atom is -0.382 e. The van der Waals surface area contributed by atoms with Gasteiger partial charge < -0.3 is 14.2 Å². The molecule has 5 nitrogen and oxygen atoms in total. The maximum Gasteiger partial charge on any atom is 0.270 e. The number of halogens is 1. The number of methoxy groups -OCH3 is 1. The Morgan fingerprint density at radius 3 is 2.76 bits per heavy atom. The zero-order valence-corrected chi connectivity index (χ0v) is 15.2. The number of aromatic nitrogens is 2. The molecular formula is C19H20ClN3O2. The van der Waals surface area contributed by atoms with Crippen LogP contribution in [0.4, 0.5) is 0 Å². The zero-order valence-electron chi connectivity index (χ0n) is 14.4. The molecule has 3 aromatic rings. The van der Waals surface area contributed by atoms with E-state index in [-0.39, 0.29) is 11.9 Å². The highest BCUT2D eigenvalue weighted by atomic mass is 35.5. The number of nitrogens with zero attached hydrogens (tertiary/aromatic N) is 3. The monoisotopic (exact) mass is 357 g/mol. The van der Waals surface area contributed by atoms with E-state index in [4.69, 9.17) is 16.3 Å². The molecule has 25 heavy (non-hydrogen) atoms. The smallest absolute Gasteiger partial charge is 0.270 e. The summed E-state index contributed by atoms with van der Waals surface area (Å²) in [5.41, 5.74) is 2.28. The largest absolute Gasteiger partial charge is 0.382 e. The van der Waals surface area contributed by atoms with Crippen molar-refractivity contribution in [3.05, 3.63) is 65.1 Å². The van der Waals surface area contributed by atoms with Crippen LogP contribution in [0.3, 0.4) is 0 Å². The molecule has 0 aliphatic carbocycles. The summed E-state index contributed by atoms with van der Waals surface area (Å²) in [5, 5.41) is 1.50.